The van der Waals surface area contributed by atoms with Gasteiger partial charge in [-0.15, -0.1) is 0 Å². The molecule has 1 atom stereocenters. The van der Waals surface area contributed by atoms with Crippen molar-refractivity contribution < 1.29 is 0 Å². The van der Waals surface area contributed by atoms with Gasteiger partial charge in [-0.1, -0.05) is 60.7 Å². The molecule has 0 saturated carbocycles. The lowest BCUT2D eigenvalue weighted by Gasteiger charge is -2.28. The van der Waals surface area contributed by atoms with Crippen LogP contribution in [0.2, 0.25) is 0 Å². The van der Waals surface area contributed by atoms with Crippen molar-refractivity contribution in [3.05, 3.63) is 71.8 Å². The molecule has 0 saturated heterocycles. The van der Waals surface area contributed by atoms with Gasteiger partial charge in [0.1, 0.15) is 0 Å². The lowest BCUT2D eigenvalue weighted by atomic mass is 9.85. The van der Waals surface area contributed by atoms with Crippen LogP contribution in [0.25, 0.3) is 0 Å². The van der Waals surface area contributed by atoms with Crippen molar-refractivity contribution in [3.8, 4) is 0 Å². The van der Waals surface area contributed by atoms with Crippen LogP contribution < -0.4 is 11.5 Å². The predicted molar refractivity (Wildman–Crippen MR) is 71.5 cm³/mol. The molecule has 0 aromatic heterocycles. The highest BCUT2D eigenvalue weighted by molar-refractivity contribution is 5.28. The first kappa shape index (κ1) is 11.8. The van der Waals surface area contributed by atoms with Crippen LogP contribution in [0.3, 0.4) is 0 Å². The van der Waals surface area contributed by atoms with E-state index in [9.17, 15) is 0 Å². The van der Waals surface area contributed by atoms with E-state index in [1.165, 1.54) is 5.56 Å². The molecule has 2 aromatic rings. The summed E-state index contributed by atoms with van der Waals surface area (Å²) >= 11 is 0. The highest BCUT2D eigenvalue weighted by Crippen LogP contribution is 2.21. The first-order valence-corrected chi connectivity index (χ1v) is 5.83. The minimum Gasteiger partial charge on any atom is -0.328 e. The van der Waals surface area contributed by atoms with Gasteiger partial charge in [-0.2, -0.15) is 0 Å². The van der Waals surface area contributed by atoms with Gasteiger partial charge >= 0.3 is 0 Å². The Morgan fingerprint density at radius 2 is 1.35 bits per heavy atom. The lowest BCUT2D eigenvalue weighted by molar-refractivity contribution is 0.453. The summed E-state index contributed by atoms with van der Waals surface area (Å²) in [7, 11) is 0. The average Bonchev–Trinajstić information content (AvgIpc) is 2.41. The molecular formula is C15H18N2. The van der Waals surface area contributed by atoms with E-state index < -0.39 is 5.54 Å². The van der Waals surface area contributed by atoms with E-state index in [-0.39, 0.29) is 0 Å². The molecule has 2 heteroatoms. The van der Waals surface area contributed by atoms with E-state index in [0.717, 1.165) is 12.0 Å². The van der Waals surface area contributed by atoms with Crippen LogP contribution in [0.5, 0.6) is 0 Å². The van der Waals surface area contributed by atoms with Crippen molar-refractivity contribution in [2.24, 2.45) is 11.5 Å². The molecule has 0 spiro atoms. The monoisotopic (exact) mass is 226 g/mol. The third-order valence-corrected chi connectivity index (χ3v) is 3.08. The minimum atomic E-state index is -0.484. The van der Waals surface area contributed by atoms with Gasteiger partial charge in [-0.25, -0.2) is 0 Å². The number of rotatable bonds is 4. The second kappa shape index (κ2) is 5.13. The Morgan fingerprint density at radius 3 is 1.88 bits per heavy atom. The van der Waals surface area contributed by atoms with Crippen LogP contribution >= 0.6 is 0 Å². The summed E-state index contributed by atoms with van der Waals surface area (Å²) in [6.45, 7) is 0.436. The van der Waals surface area contributed by atoms with Gasteiger partial charge in [0.25, 0.3) is 0 Å². The first-order valence-electron chi connectivity index (χ1n) is 5.83. The topological polar surface area (TPSA) is 52.0 Å². The van der Waals surface area contributed by atoms with Crippen molar-refractivity contribution in [1.82, 2.24) is 0 Å². The molecule has 0 aliphatic heterocycles. The third kappa shape index (κ3) is 2.73. The Balaban J connectivity index is 2.27. The predicted octanol–water partition coefficient (Wildman–Crippen LogP) is 2.04. The van der Waals surface area contributed by atoms with Crippen LogP contribution in [-0.4, -0.2) is 6.54 Å². The zero-order valence-electron chi connectivity index (χ0n) is 9.84. The molecule has 0 amide bonds. The highest BCUT2D eigenvalue weighted by Gasteiger charge is 2.25. The van der Waals surface area contributed by atoms with E-state index in [4.69, 9.17) is 11.5 Å². The molecule has 2 rings (SSSR count). The van der Waals surface area contributed by atoms with Crippen molar-refractivity contribution in [3.63, 3.8) is 0 Å². The molecule has 0 aliphatic rings. The second-order valence-corrected chi connectivity index (χ2v) is 4.39. The van der Waals surface area contributed by atoms with Crippen molar-refractivity contribution in [1.29, 1.82) is 0 Å². The van der Waals surface area contributed by atoms with Gasteiger partial charge in [0.2, 0.25) is 0 Å². The summed E-state index contributed by atoms with van der Waals surface area (Å²) in [6, 6.07) is 20.3. The summed E-state index contributed by atoms with van der Waals surface area (Å²) < 4.78 is 0. The number of nitrogens with two attached hydrogens (primary N) is 2. The molecule has 0 radical (unpaired) electrons. The number of hydrogen-bond acceptors (Lipinski definition) is 2. The Hall–Kier alpha value is -1.64. The summed E-state index contributed by atoms with van der Waals surface area (Å²) in [6.07, 6.45) is 0.758. The highest BCUT2D eigenvalue weighted by atomic mass is 14.8. The van der Waals surface area contributed by atoms with E-state index in [0.29, 0.717) is 6.54 Å². The van der Waals surface area contributed by atoms with Crippen LogP contribution in [0.4, 0.5) is 0 Å². The molecule has 17 heavy (non-hydrogen) atoms. The van der Waals surface area contributed by atoms with Crippen LogP contribution in [0.1, 0.15) is 11.1 Å². The molecule has 0 fully saturated rings. The fourth-order valence-corrected chi connectivity index (χ4v) is 2.02. The third-order valence-electron chi connectivity index (χ3n) is 3.08. The fourth-order valence-electron chi connectivity index (χ4n) is 2.02. The molecular weight excluding hydrogens is 208 g/mol. The zero-order valence-corrected chi connectivity index (χ0v) is 9.84. The molecule has 2 nitrogen and oxygen atoms in total. The van der Waals surface area contributed by atoms with Crippen molar-refractivity contribution in [2.75, 3.05) is 6.54 Å². The molecule has 0 aliphatic carbocycles. The first-order chi connectivity index (χ1) is 8.24. The SMILES string of the molecule is NCC(N)(Cc1ccccc1)c1ccccc1. The van der Waals surface area contributed by atoms with Gasteiger partial charge in [-0.05, 0) is 17.5 Å². The normalized spacial score (nSPS) is 14.2. The molecule has 2 aromatic carbocycles. The summed E-state index contributed by atoms with van der Waals surface area (Å²) in [5.74, 6) is 0. The molecule has 1 unspecified atom stereocenters. The maximum atomic E-state index is 6.43. The van der Waals surface area contributed by atoms with Crippen LogP contribution in [-0.2, 0) is 12.0 Å². The standard InChI is InChI=1S/C15H18N2/c16-12-15(17,14-9-5-2-6-10-14)11-13-7-3-1-4-8-13/h1-10H,11-12,16-17H2. The summed E-state index contributed by atoms with van der Waals surface area (Å²) in [4.78, 5) is 0. The Morgan fingerprint density at radius 1 is 0.824 bits per heavy atom. The smallest absolute Gasteiger partial charge is 0.0574 e. The van der Waals surface area contributed by atoms with E-state index in [2.05, 4.69) is 12.1 Å². The van der Waals surface area contributed by atoms with Crippen molar-refractivity contribution in [2.45, 2.75) is 12.0 Å². The van der Waals surface area contributed by atoms with Crippen LogP contribution in [0, 0.1) is 0 Å². The van der Waals surface area contributed by atoms with Gasteiger partial charge in [0, 0.05) is 6.54 Å². The van der Waals surface area contributed by atoms with Gasteiger partial charge in [0.05, 0.1) is 5.54 Å². The molecule has 0 bridgehead atoms. The van der Waals surface area contributed by atoms with Gasteiger partial charge in [0.15, 0.2) is 0 Å². The van der Waals surface area contributed by atoms with Crippen LogP contribution in [0.15, 0.2) is 60.7 Å². The molecule has 88 valence electrons. The Kier molecular flexibility index (Phi) is 3.57. The Labute approximate surface area is 102 Å². The van der Waals surface area contributed by atoms with Crippen molar-refractivity contribution >= 4 is 0 Å². The zero-order chi connectivity index (χ0) is 12.1. The summed E-state index contributed by atoms with van der Waals surface area (Å²) in [5, 5.41) is 0. The largest absolute Gasteiger partial charge is 0.328 e. The Bertz CT molecular complexity index is 453. The maximum Gasteiger partial charge on any atom is 0.0574 e. The average molecular weight is 226 g/mol. The number of hydrogen-bond donors (Lipinski definition) is 2. The van der Waals surface area contributed by atoms with E-state index in [1.807, 2.05) is 48.5 Å². The number of benzene rings is 2. The maximum absolute atomic E-state index is 6.43. The fraction of sp³-hybridized carbons (Fsp3) is 0.200. The van der Waals surface area contributed by atoms with Gasteiger partial charge in [-0.3, -0.25) is 0 Å². The quantitative estimate of drug-likeness (QED) is 0.838. The second-order valence-electron chi connectivity index (χ2n) is 4.39. The minimum absolute atomic E-state index is 0.436. The van der Waals surface area contributed by atoms with E-state index in [1.54, 1.807) is 0 Å². The van der Waals surface area contributed by atoms with E-state index >= 15 is 0 Å². The molecule has 4 N–H and O–H groups in total. The van der Waals surface area contributed by atoms with Gasteiger partial charge < -0.3 is 11.5 Å². The lowest BCUT2D eigenvalue weighted by Crippen LogP contribution is -2.45. The summed E-state index contributed by atoms with van der Waals surface area (Å²) in [5.41, 5.74) is 14.1. The molecule has 0 heterocycles.